The fourth-order valence-electron chi connectivity index (χ4n) is 3.73. The van der Waals surface area contributed by atoms with Gasteiger partial charge in [-0.15, -0.1) is 0 Å². The minimum Gasteiger partial charge on any atom is -0.370 e. The average Bonchev–Trinajstić information content (AvgIpc) is 2.96. The topological polar surface area (TPSA) is 66.9 Å². The molecule has 2 aromatic rings. The molecule has 3 amide bonds. The standard InChI is InChI=1S/C22H21BrN2O4/c1-14-2-7-17-18(12-14)22(28)25(21(17)27)9-8-20(26)24-10-11-29-19(13-24)15-3-5-16(23)6-4-15/h2-7,12,19H,8-11,13H2,1H3. The third kappa shape index (κ3) is 3.97. The molecule has 2 aliphatic heterocycles. The molecule has 0 radical (unpaired) electrons. The first kappa shape index (κ1) is 19.8. The molecule has 6 nitrogen and oxygen atoms in total. The molecule has 2 heterocycles. The largest absolute Gasteiger partial charge is 0.370 e. The van der Waals surface area contributed by atoms with Crippen LogP contribution in [0.15, 0.2) is 46.9 Å². The summed E-state index contributed by atoms with van der Waals surface area (Å²) in [7, 11) is 0. The Hall–Kier alpha value is -2.51. The minimum absolute atomic E-state index is 0.0804. The van der Waals surface area contributed by atoms with Crippen molar-refractivity contribution in [3.63, 3.8) is 0 Å². The summed E-state index contributed by atoms with van der Waals surface area (Å²) in [6.07, 6.45) is -0.0691. The number of hydrogen-bond donors (Lipinski definition) is 0. The average molecular weight is 457 g/mol. The summed E-state index contributed by atoms with van der Waals surface area (Å²) in [6, 6.07) is 13.1. The highest BCUT2D eigenvalue weighted by atomic mass is 79.9. The fraction of sp³-hybridized carbons (Fsp3) is 0.318. The molecule has 4 rings (SSSR count). The number of carbonyl (C=O) groups excluding carboxylic acids is 3. The van der Waals surface area contributed by atoms with Crippen molar-refractivity contribution in [2.45, 2.75) is 19.4 Å². The van der Waals surface area contributed by atoms with E-state index in [-0.39, 0.29) is 36.8 Å². The Labute approximate surface area is 177 Å². The fourth-order valence-corrected chi connectivity index (χ4v) is 3.99. The van der Waals surface area contributed by atoms with Gasteiger partial charge in [-0.1, -0.05) is 39.7 Å². The lowest BCUT2D eigenvalue weighted by atomic mass is 10.1. The predicted octanol–water partition coefficient (Wildman–Crippen LogP) is 3.34. The molecule has 150 valence electrons. The Bertz CT molecular complexity index is 973. The molecule has 0 aliphatic carbocycles. The number of benzene rings is 2. The maximum absolute atomic E-state index is 12.7. The molecule has 0 spiro atoms. The number of fused-ring (bicyclic) bond motifs is 1. The monoisotopic (exact) mass is 456 g/mol. The van der Waals surface area contributed by atoms with Gasteiger partial charge in [-0.2, -0.15) is 0 Å². The number of halogens is 1. The molecule has 0 bridgehead atoms. The Kier molecular flexibility index (Phi) is 5.52. The van der Waals surface area contributed by atoms with Gasteiger partial charge in [-0.25, -0.2) is 0 Å². The van der Waals surface area contributed by atoms with Crippen LogP contribution in [0, 0.1) is 6.92 Å². The van der Waals surface area contributed by atoms with Crippen molar-refractivity contribution < 1.29 is 19.1 Å². The van der Waals surface area contributed by atoms with Crippen molar-refractivity contribution >= 4 is 33.7 Å². The van der Waals surface area contributed by atoms with Crippen LogP contribution in [0.1, 0.15) is 44.4 Å². The SMILES string of the molecule is Cc1ccc2c(c1)C(=O)N(CCC(=O)N1CCOC(c3ccc(Br)cc3)C1)C2=O. The molecule has 29 heavy (non-hydrogen) atoms. The van der Waals surface area contributed by atoms with E-state index in [0.717, 1.165) is 15.6 Å². The van der Waals surface area contributed by atoms with Crippen LogP contribution in [0.2, 0.25) is 0 Å². The van der Waals surface area contributed by atoms with Crippen LogP contribution in [-0.2, 0) is 9.53 Å². The zero-order chi connectivity index (χ0) is 20.5. The van der Waals surface area contributed by atoms with Gasteiger partial charge in [-0.3, -0.25) is 19.3 Å². The van der Waals surface area contributed by atoms with Crippen LogP contribution < -0.4 is 0 Å². The van der Waals surface area contributed by atoms with E-state index in [1.807, 2.05) is 37.3 Å². The Morgan fingerprint density at radius 1 is 1.10 bits per heavy atom. The Morgan fingerprint density at radius 2 is 1.83 bits per heavy atom. The first-order valence-electron chi connectivity index (χ1n) is 9.56. The molecular formula is C22H21BrN2O4. The molecule has 7 heteroatoms. The second kappa shape index (κ2) is 8.08. The van der Waals surface area contributed by atoms with E-state index in [1.165, 1.54) is 4.90 Å². The third-order valence-electron chi connectivity index (χ3n) is 5.34. The van der Waals surface area contributed by atoms with Crippen molar-refractivity contribution in [1.29, 1.82) is 0 Å². The van der Waals surface area contributed by atoms with Gasteiger partial charge in [0.05, 0.1) is 24.3 Å². The van der Waals surface area contributed by atoms with Gasteiger partial charge in [-0.05, 0) is 36.8 Å². The summed E-state index contributed by atoms with van der Waals surface area (Å²) < 4.78 is 6.81. The highest BCUT2D eigenvalue weighted by molar-refractivity contribution is 9.10. The van der Waals surface area contributed by atoms with E-state index in [4.69, 9.17) is 4.74 Å². The summed E-state index contributed by atoms with van der Waals surface area (Å²) in [5.41, 5.74) is 2.77. The van der Waals surface area contributed by atoms with Gasteiger partial charge in [0.25, 0.3) is 11.8 Å². The number of carbonyl (C=O) groups is 3. The van der Waals surface area contributed by atoms with Gasteiger partial charge in [0, 0.05) is 24.0 Å². The molecule has 0 aromatic heterocycles. The van der Waals surface area contributed by atoms with E-state index < -0.39 is 0 Å². The number of nitrogens with zero attached hydrogens (tertiary/aromatic N) is 2. The summed E-state index contributed by atoms with van der Waals surface area (Å²) in [4.78, 5) is 40.8. The molecule has 1 fully saturated rings. The Morgan fingerprint density at radius 3 is 2.59 bits per heavy atom. The molecule has 2 aromatic carbocycles. The van der Waals surface area contributed by atoms with Crippen molar-refractivity contribution in [3.8, 4) is 0 Å². The van der Waals surface area contributed by atoms with Crippen LogP contribution in [0.5, 0.6) is 0 Å². The van der Waals surface area contributed by atoms with Gasteiger partial charge in [0.2, 0.25) is 5.91 Å². The van der Waals surface area contributed by atoms with E-state index >= 15 is 0 Å². The molecule has 1 saturated heterocycles. The quantitative estimate of drug-likeness (QED) is 0.661. The highest BCUT2D eigenvalue weighted by Crippen LogP contribution is 2.26. The van der Waals surface area contributed by atoms with Crippen LogP contribution in [0.25, 0.3) is 0 Å². The van der Waals surface area contributed by atoms with Crippen molar-refractivity contribution in [2.75, 3.05) is 26.2 Å². The van der Waals surface area contributed by atoms with E-state index in [0.29, 0.717) is 30.8 Å². The van der Waals surface area contributed by atoms with Crippen molar-refractivity contribution in [3.05, 3.63) is 69.2 Å². The second-order valence-corrected chi connectivity index (χ2v) is 8.23. The highest BCUT2D eigenvalue weighted by Gasteiger charge is 2.36. The van der Waals surface area contributed by atoms with E-state index in [1.54, 1.807) is 17.0 Å². The summed E-state index contributed by atoms with van der Waals surface area (Å²) in [6.45, 7) is 3.39. The molecule has 2 aliphatic rings. The number of imide groups is 1. The smallest absolute Gasteiger partial charge is 0.261 e. The van der Waals surface area contributed by atoms with Crippen LogP contribution >= 0.6 is 15.9 Å². The first-order valence-corrected chi connectivity index (χ1v) is 10.3. The maximum atomic E-state index is 12.7. The lowest BCUT2D eigenvalue weighted by Crippen LogP contribution is -2.43. The van der Waals surface area contributed by atoms with E-state index in [2.05, 4.69) is 15.9 Å². The summed E-state index contributed by atoms with van der Waals surface area (Å²) >= 11 is 3.42. The van der Waals surface area contributed by atoms with Crippen molar-refractivity contribution in [2.24, 2.45) is 0 Å². The van der Waals surface area contributed by atoms with Crippen LogP contribution in [0.3, 0.4) is 0 Å². The number of hydrogen-bond acceptors (Lipinski definition) is 4. The molecule has 1 unspecified atom stereocenters. The van der Waals surface area contributed by atoms with Gasteiger partial charge < -0.3 is 9.64 Å². The van der Waals surface area contributed by atoms with Crippen molar-refractivity contribution in [1.82, 2.24) is 9.80 Å². The number of ether oxygens (including phenoxy) is 1. The number of aryl methyl sites for hydroxylation is 1. The Balaban J connectivity index is 1.38. The number of morpholine rings is 1. The normalized spacial score (nSPS) is 18.9. The molecule has 1 atom stereocenters. The lowest BCUT2D eigenvalue weighted by Gasteiger charge is -2.33. The van der Waals surface area contributed by atoms with Crippen LogP contribution in [0.4, 0.5) is 0 Å². The van der Waals surface area contributed by atoms with E-state index in [9.17, 15) is 14.4 Å². The third-order valence-corrected chi connectivity index (χ3v) is 5.87. The predicted molar refractivity (Wildman–Crippen MR) is 111 cm³/mol. The molecular weight excluding hydrogens is 436 g/mol. The zero-order valence-corrected chi connectivity index (χ0v) is 17.6. The summed E-state index contributed by atoms with van der Waals surface area (Å²) in [5.74, 6) is -0.730. The van der Waals surface area contributed by atoms with Gasteiger partial charge >= 0.3 is 0 Å². The number of rotatable bonds is 4. The van der Waals surface area contributed by atoms with Gasteiger partial charge in [0.15, 0.2) is 0 Å². The number of amides is 3. The second-order valence-electron chi connectivity index (χ2n) is 7.31. The van der Waals surface area contributed by atoms with Crippen LogP contribution in [-0.4, -0.2) is 53.8 Å². The lowest BCUT2D eigenvalue weighted by molar-refractivity contribution is -0.139. The zero-order valence-electron chi connectivity index (χ0n) is 16.1. The summed E-state index contributed by atoms with van der Waals surface area (Å²) in [5, 5.41) is 0. The maximum Gasteiger partial charge on any atom is 0.261 e. The van der Waals surface area contributed by atoms with Gasteiger partial charge in [0.1, 0.15) is 6.10 Å². The first-order chi connectivity index (χ1) is 13.9. The minimum atomic E-state index is -0.326. The molecule has 0 N–H and O–H groups in total. The molecule has 0 saturated carbocycles.